The van der Waals surface area contributed by atoms with E-state index in [2.05, 4.69) is 5.32 Å². The molecule has 0 atom stereocenters. The van der Waals surface area contributed by atoms with E-state index in [4.69, 9.17) is 21.0 Å². The third-order valence-electron chi connectivity index (χ3n) is 3.66. The van der Waals surface area contributed by atoms with E-state index in [0.29, 0.717) is 28.0 Å². The highest BCUT2D eigenvalue weighted by Gasteiger charge is 2.10. The predicted molar refractivity (Wildman–Crippen MR) is 103 cm³/mol. The predicted octanol–water partition coefficient (Wildman–Crippen LogP) is 1.79. The Hall–Kier alpha value is -3.94. The third kappa shape index (κ3) is 5.80. The minimum Gasteiger partial charge on any atom is -0.480 e. The quantitative estimate of drug-likeness (QED) is 0.189. The Bertz CT molecular complexity index is 931. The fourth-order valence-electron chi connectivity index (χ4n) is 2.19. The number of carbonyl (C=O) groups excluding carboxylic acids is 2. The number of hydrogen-bond donors (Lipinski definition) is 4. The van der Waals surface area contributed by atoms with Crippen LogP contribution < -0.4 is 15.8 Å². The molecule has 0 bridgehead atoms. The van der Waals surface area contributed by atoms with E-state index in [-0.39, 0.29) is 5.84 Å². The molecule has 8 nitrogen and oxygen atoms in total. The Morgan fingerprint density at radius 3 is 2.18 bits per heavy atom. The lowest BCUT2D eigenvalue weighted by molar-refractivity contribution is -0.137. The van der Waals surface area contributed by atoms with Crippen molar-refractivity contribution in [1.82, 2.24) is 5.32 Å². The van der Waals surface area contributed by atoms with Crippen molar-refractivity contribution in [3.05, 3.63) is 70.8 Å². The van der Waals surface area contributed by atoms with Gasteiger partial charge < -0.3 is 20.9 Å². The molecule has 144 valence electrons. The molecule has 2 aromatic carbocycles. The molecule has 0 aromatic heterocycles. The summed E-state index contributed by atoms with van der Waals surface area (Å²) in [5.41, 5.74) is 7.23. The number of amidine groups is 1. The van der Waals surface area contributed by atoms with Gasteiger partial charge >= 0.3 is 11.9 Å². The Morgan fingerprint density at radius 1 is 1.07 bits per heavy atom. The first kappa shape index (κ1) is 20.4. The van der Waals surface area contributed by atoms with Crippen LogP contribution >= 0.6 is 0 Å². The highest BCUT2D eigenvalue weighted by molar-refractivity contribution is 5.98. The van der Waals surface area contributed by atoms with Gasteiger partial charge in [0.25, 0.3) is 0 Å². The number of ether oxygens (including phenoxy) is 1. The van der Waals surface area contributed by atoms with Gasteiger partial charge in [0.05, 0.1) is 5.56 Å². The first-order chi connectivity index (χ1) is 13.3. The van der Waals surface area contributed by atoms with E-state index in [0.717, 1.165) is 0 Å². The van der Waals surface area contributed by atoms with Gasteiger partial charge in [-0.1, -0.05) is 12.1 Å². The number of nitrogens with one attached hydrogen (secondary N) is 2. The number of amides is 1. The van der Waals surface area contributed by atoms with Crippen LogP contribution in [-0.4, -0.2) is 35.3 Å². The van der Waals surface area contributed by atoms with Gasteiger partial charge in [-0.15, -0.1) is 0 Å². The number of carbonyl (C=O) groups is 3. The number of aliphatic carboxylic acids is 1. The number of nitrogen functional groups attached to an aromatic ring is 1. The second-order valence-corrected chi connectivity index (χ2v) is 5.85. The summed E-state index contributed by atoms with van der Waals surface area (Å²) in [5.74, 6) is -1.92. The fourth-order valence-corrected chi connectivity index (χ4v) is 2.19. The largest absolute Gasteiger partial charge is 0.480 e. The second kappa shape index (κ2) is 9.13. The van der Waals surface area contributed by atoms with Crippen LogP contribution in [0.5, 0.6) is 5.75 Å². The highest BCUT2D eigenvalue weighted by Crippen LogP contribution is 2.15. The van der Waals surface area contributed by atoms with Crippen molar-refractivity contribution in [2.75, 3.05) is 6.54 Å². The highest BCUT2D eigenvalue weighted by atomic mass is 16.5. The summed E-state index contributed by atoms with van der Waals surface area (Å²) in [6, 6.07) is 12.7. The molecule has 0 unspecified atom stereocenters. The standard InChI is InChI=1S/C20H19N3O5/c1-12(19(26)23-11-17(24)25)10-13-2-4-15(5-3-13)20(27)28-16-8-6-14(7-9-16)18(21)22/h2-10H,11H2,1H3,(H3,21,22)(H,23,26)(H,24,25)/b12-10+. The van der Waals surface area contributed by atoms with Gasteiger partial charge in [0.1, 0.15) is 18.1 Å². The number of hydrogen-bond acceptors (Lipinski definition) is 5. The molecule has 0 saturated heterocycles. The fraction of sp³-hybridized carbons (Fsp3) is 0.100. The summed E-state index contributed by atoms with van der Waals surface area (Å²) in [7, 11) is 0. The lowest BCUT2D eigenvalue weighted by Crippen LogP contribution is -2.29. The molecule has 2 rings (SSSR count). The molecule has 0 fully saturated rings. The minimum absolute atomic E-state index is 0.0755. The molecular weight excluding hydrogens is 362 g/mol. The molecule has 1 amide bonds. The normalized spacial score (nSPS) is 10.8. The average molecular weight is 381 g/mol. The summed E-state index contributed by atoms with van der Waals surface area (Å²) >= 11 is 0. The number of carboxylic acid groups (broad SMARTS) is 1. The molecule has 0 aliphatic heterocycles. The van der Waals surface area contributed by atoms with Gasteiger partial charge in [-0.3, -0.25) is 15.0 Å². The zero-order valence-corrected chi connectivity index (χ0v) is 15.1. The SMILES string of the molecule is C/C(=C\c1ccc(C(=O)Oc2ccc(C(=N)N)cc2)cc1)C(=O)NCC(=O)O. The zero-order valence-electron chi connectivity index (χ0n) is 15.1. The molecule has 28 heavy (non-hydrogen) atoms. The second-order valence-electron chi connectivity index (χ2n) is 5.85. The van der Waals surface area contributed by atoms with Crippen LogP contribution in [0.15, 0.2) is 54.1 Å². The lowest BCUT2D eigenvalue weighted by Gasteiger charge is -2.06. The van der Waals surface area contributed by atoms with Crippen molar-refractivity contribution >= 4 is 29.8 Å². The van der Waals surface area contributed by atoms with Gasteiger partial charge in [0, 0.05) is 11.1 Å². The van der Waals surface area contributed by atoms with E-state index in [9.17, 15) is 14.4 Å². The van der Waals surface area contributed by atoms with Crippen LogP contribution in [0, 0.1) is 5.41 Å². The van der Waals surface area contributed by atoms with Crippen molar-refractivity contribution in [3.63, 3.8) is 0 Å². The van der Waals surface area contributed by atoms with Crippen molar-refractivity contribution in [2.24, 2.45) is 5.73 Å². The van der Waals surface area contributed by atoms with Gasteiger partial charge in [-0.25, -0.2) is 4.79 Å². The maximum Gasteiger partial charge on any atom is 0.343 e. The topological polar surface area (TPSA) is 143 Å². The van der Waals surface area contributed by atoms with Crippen LogP contribution in [0.2, 0.25) is 0 Å². The van der Waals surface area contributed by atoms with Gasteiger partial charge in [-0.2, -0.15) is 0 Å². The molecule has 0 spiro atoms. The summed E-state index contributed by atoms with van der Waals surface area (Å²) in [6.45, 7) is 1.10. The van der Waals surface area contributed by atoms with Crippen molar-refractivity contribution in [1.29, 1.82) is 5.41 Å². The molecule has 0 radical (unpaired) electrons. The van der Waals surface area contributed by atoms with E-state index in [1.807, 2.05) is 0 Å². The molecule has 8 heteroatoms. The number of carboxylic acids is 1. The lowest BCUT2D eigenvalue weighted by atomic mass is 10.1. The summed E-state index contributed by atoms with van der Waals surface area (Å²) in [5, 5.41) is 18.2. The first-order valence-corrected chi connectivity index (χ1v) is 8.21. The van der Waals surface area contributed by atoms with E-state index in [1.165, 1.54) is 0 Å². The number of nitrogens with two attached hydrogens (primary N) is 1. The van der Waals surface area contributed by atoms with E-state index < -0.39 is 24.4 Å². The Kier molecular flexibility index (Phi) is 6.64. The van der Waals surface area contributed by atoms with Crippen molar-refractivity contribution in [2.45, 2.75) is 6.92 Å². The molecule has 0 aliphatic rings. The Morgan fingerprint density at radius 2 is 1.64 bits per heavy atom. The Labute approximate surface area is 161 Å². The Balaban J connectivity index is 2.01. The van der Waals surface area contributed by atoms with E-state index in [1.54, 1.807) is 61.5 Å². The molecule has 0 heterocycles. The number of benzene rings is 2. The monoisotopic (exact) mass is 381 g/mol. The molecule has 2 aromatic rings. The molecule has 5 N–H and O–H groups in total. The maximum atomic E-state index is 12.2. The maximum absolute atomic E-state index is 12.2. The number of esters is 1. The first-order valence-electron chi connectivity index (χ1n) is 8.21. The van der Waals surface area contributed by atoms with Crippen LogP contribution in [0.4, 0.5) is 0 Å². The average Bonchev–Trinajstić information content (AvgIpc) is 2.66. The summed E-state index contributed by atoms with van der Waals surface area (Å²) < 4.78 is 5.26. The minimum atomic E-state index is -1.13. The van der Waals surface area contributed by atoms with E-state index >= 15 is 0 Å². The number of rotatable bonds is 7. The van der Waals surface area contributed by atoms with Crippen LogP contribution in [0.1, 0.15) is 28.4 Å². The molecule has 0 saturated carbocycles. The zero-order chi connectivity index (χ0) is 20.7. The van der Waals surface area contributed by atoms with Crippen LogP contribution in [0.3, 0.4) is 0 Å². The smallest absolute Gasteiger partial charge is 0.343 e. The van der Waals surface area contributed by atoms with Crippen molar-refractivity contribution < 1.29 is 24.2 Å². The van der Waals surface area contributed by atoms with Crippen molar-refractivity contribution in [3.8, 4) is 5.75 Å². The summed E-state index contributed by atoms with van der Waals surface area (Å²) in [4.78, 5) is 34.4. The van der Waals surface area contributed by atoms with Crippen LogP contribution in [0.25, 0.3) is 6.08 Å². The van der Waals surface area contributed by atoms with Crippen LogP contribution in [-0.2, 0) is 9.59 Å². The van der Waals surface area contributed by atoms with Gasteiger partial charge in [0.2, 0.25) is 5.91 Å². The molecule has 0 aliphatic carbocycles. The molecular formula is C20H19N3O5. The van der Waals surface area contributed by atoms with Gasteiger partial charge in [-0.05, 0) is 55.0 Å². The van der Waals surface area contributed by atoms with Gasteiger partial charge in [0.15, 0.2) is 0 Å². The third-order valence-corrected chi connectivity index (χ3v) is 3.66. The summed E-state index contributed by atoms with van der Waals surface area (Å²) in [6.07, 6.45) is 1.58.